The molecule has 316 valence electrons. The van der Waals surface area contributed by atoms with E-state index in [1.165, 1.54) is 0 Å². The first-order valence-corrected chi connectivity index (χ1v) is 21.1. The first-order chi connectivity index (χ1) is 28.2. The van der Waals surface area contributed by atoms with Crippen LogP contribution < -0.4 is 10.3 Å². The van der Waals surface area contributed by atoms with E-state index in [0.29, 0.717) is 0 Å². The number of aryl methyl sites for hydroxylation is 4. The number of primary sulfonamides is 2. The van der Waals surface area contributed by atoms with Gasteiger partial charge < -0.3 is 10.2 Å². The lowest BCUT2D eigenvalue weighted by Crippen LogP contribution is -2.20. The molecule has 0 aliphatic carbocycles. The van der Waals surface area contributed by atoms with Crippen molar-refractivity contribution in [3.8, 4) is 11.4 Å². The van der Waals surface area contributed by atoms with Gasteiger partial charge in [-0.15, -0.1) is 10.2 Å². The van der Waals surface area contributed by atoms with Gasteiger partial charge in [0.15, 0.2) is 23.9 Å². The van der Waals surface area contributed by atoms with Crippen molar-refractivity contribution in [1.29, 1.82) is 0 Å². The number of hydrogen-bond acceptors (Lipinski definition) is 13. The third-order valence-electron chi connectivity index (χ3n) is 9.31. The van der Waals surface area contributed by atoms with Crippen LogP contribution in [0.3, 0.4) is 0 Å². The third kappa shape index (κ3) is 10.0. The quantitative estimate of drug-likeness (QED) is 0.102. The Hall–Kier alpha value is -6.04. The Morgan fingerprint density at radius 1 is 0.650 bits per heavy atom. The van der Waals surface area contributed by atoms with Gasteiger partial charge in [-0.2, -0.15) is 9.68 Å². The molecule has 0 aliphatic rings. The molecule has 0 aliphatic heterocycles. The van der Waals surface area contributed by atoms with Crippen LogP contribution in [0.25, 0.3) is 11.4 Å². The van der Waals surface area contributed by atoms with Crippen molar-refractivity contribution in [2.75, 3.05) is 13.2 Å². The number of hydrogen-bond donors (Lipinski definition) is 4. The topological polar surface area (TPSA) is 261 Å². The summed E-state index contributed by atoms with van der Waals surface area (Å²) in [6.45, 7) is 5.95. The molecule has 2 atom stereocenters. The maximum absolute atomic E-state index is 15.3. The summed E-state index contributed by atoms with van der Waals surface area (Å²) in [5, 5.41) is 40.3. The molecule has 0 amide bonds. The number of aromatic nitrogens is 6. The van der Waals surface area contributed by atoms with Gasteiger partial charge in [-0.3, -0.25) is 0 Å². The average molecular weight is 869 g/mol. The number of nitrogens with zero attached hydrogens (tertiary/aromatic N) is 7. The molecule has 0 fully saturated rings. The van der Waals surface area contributed by atoms with Gasteiger partial charge in [0.25, 0.3) is 0 Å². The van der Waals surface area contributed by atoms with Crippen molar-refractivity contribution in [1.82, 2.24) is 29.5 Å². The molecule has 2 heterocycles. The van der Waals surface area contributed by atoms with Gasteiger partial charge >= 0.3 is 5.09 Å². The fourth-order valence-electron chi connectivity index (χ4n) is 6.07. The lowest BCUT2D eigenvalue weighted by atomic mass is 10.0. The second kappa shape index (κ2) is 17.3. The number of aliphatic hydroxyl groups excluding tert-OH is 2. The summed E-state index contributed by atoms with van der Waals surface area (Å²) in [6.07, 6.45) is -3.13. The van der Waals surface area contributed by atoms with Gasteiger partial charge in [0, 0.05) is 12.8 Å². The van der Waals surface area contributed by atoms with Crippen LogP contribution >= 0.6 is 0 Å². The highest BCUT2D eigenvalue weighted by molar-refractivity contribution is 7.89. The molecule has 22 heteroatoms. The van der Waals surface area contributed by atoms with E-state index in [9.17, 15) is 32.0 Å². The van der Waals surface area contributed by atoms with Crippen LogP contribution in [0.4, 0.5) is 8.78 Å². The number of rotatable bonds is 16. The fourth-order valence-corrected chi connectivity index (χ4v) is 7.12. The SMILES string of the molecule is Cc1ccc(C)c(Cc2nc(C(O)CO[N+](=O)OCC(O)c3nc(Cc4cc(C)ccc4C)n(-c4ccc(S(N)(=O)=O)cc4F)n3)nn2-c2ccc(S(N)(=O)=O)cc2F)c1. The van der Waals surface area contributed by atoms with E-state index in [0.717, 1.165) is 79.1 Å². The van der Waals surface area contributed by atoms with Crippen molar-refractivity contribution in [2.45, 2.75) is 62.5 Å². The Bertz CT molecular complexity index is 2640. The number of sulfonamides is 2. The second-order valence-electron chi connectivity index (χ2n) is 14.0. The first-order valence-electron chi connectivity index (χ1n) is 18.0. The van der Waals surface area contributed by atoms with Crippen molar-refractivity contribution in [3.63, 3.8) is 0 Å². The van der Waals surface area contributed by atoms with Crippen LogP contribution in [0.2, 0.25) is 0 Å². The summed E-state index contributed by atoms with van der Waals surface area (Å²) < 4.78 is 80.1. The van der Waals surface area contributed by atoms with Gasteiger partial charge in [-0.1, -0.05) is 47.5 Å². The molecule has 6 N–H and O–H groups in total. The normalized spacial score (nSPS) is 13.0. The highest BCUT2D eigenvalue weighted by Gasteiger charge is 2.28. The van der Waals surface area contributed by atoms with Crippen molar-refractivity contribution < 1.29 is 50.6 Å². The minimum absolute atomic E-state index is 0.114. The van der Waals surface area contributed by atoms with Gasteiger partial charge in [-0.25, -0.2) is 55.2 Å². The number of benzene rings is 4. The summed E-state index contributed by atoms with van der Waals surface area (Å²) in [4.78, 5) is 30.4. The predicted octanol–water partition coefficient (Wildman–Crippen LogP) is 3.25. The van der Waals surface area contributed by atoms with Crippen LogP contribution in [0.15, 0.2) is 82.6 Å². The maximum atomic E-state index is 15.3. The molecule has 18 nitrogen and oxygen atoms in total. The van der Waals surface area contributed by atoms with E-state index >= 15 is 8.78 Å². The zero-order chi connectivity index (χ0) is 43.7. The smallest absolute Gasteiger partial charge is 0.381 e. The molecule has 6 aromatic rings. The summed E-state index contributed by atoms with van der Waals surface area (Å²) in [6, 6.07) is 17.3. The Labute approximate surface area is 342 Å². The Morgan fingerprint density at radius 2 is 1.03 bits per heavy atom. The zero-order valence-electron chi connectivity index (χ0n) is 32.5. The van der Waals surface area contributed by atoms with E-state index in [1.54, 1.807) is 0 Å². The molecule has 0 saturated carbocycles. The highest BCUT2D eigenvalue weighted by atomic mass is 32.2. The summed E-state index contributed by atoms with van der Waals surface area (Å²) >= 11 is 0. The summed E-state index contributed by atoms with van der Waals surface area (Å²) in [7, 11) is -8.45. The van der Waals surface area contributed by atoms with Gasteiger partial charge in [0.2, 0.25) is 33.3 Å². The van der Waals surface area contributed by atoms with Crippen LogP contribution in [0.1, 0.15) is 68.9 Å². The van der Waals surface area contributed by atoms with Gasteiger partial charge in [0.1, 0.15) is 39.6 Å². The second-order valence-corrected chi connectivity index (χ2v) is 17.1. The van der Waals surface area contributed by atoms with E-state index in [1.807, 2.05) is 64.1 Å². The summed E-state index contributed by atoms with van der Waals surface area (Å²) in [5.74, 6) is -2.25. The lowest BCUT2D eigenvalue weighted by molar-refractivity contribution is -0.983. The van der Waals surface area contributed by atoms with Gasteiger partial charge in [-0.05, 0) is 86.3 Å². The minimum atomic E-state index is -4.22. The monoisotopic (exact) mass is 868 g/mol. The Morgan fingerprint density at radius 3 is 1.38 bits per heavy atom. The van der Waals surface area contributed by atoms with Crippen LogP contribution in [0.5, 0.6) is 0 Å². The average Bonchev–Trinajstić information content (AvgIpc) is 3.79. The molecule has 0 saturated heterocycles. The Kier molecular flexibility index (Phi) is 12.5. The van der Waals surface area contributed by atoms with E-state index < -0.39 is 66.9 Å². The van der Waals surface area contributed by atoms with Crippen LogP contribution in [-0.2, 0) is 42.6 Å². The molecule has 0 spiro atoms. The molecular formula is C38H40F2N9O9S2+. The zero-order valence-corrected chi connectivity index (χ0v) is 34.2. The van der Waals surface area contributed by atoms with E-state index in [4.69, 9.17) is 20.0 Å². The van der Waals surface area contributed by atoms with Crippen molar-refractivity contribution >= 4 is 20.0 Å². The molecule has 0 bridgehead atoms. The van der Waals surface area contributed by atoms with Crippen molar-refractivity contribution in [2.24, 2.45) is 10.3 Å². The standard InChI is InChI=1S/C38H40F2N9O9S2/c1-21-5-7-23(3)25(13-21)15-35-43-37(45-47(35)31-11-9-27(17-29(31)39)59(41,53)54)33(50)19-57-49(52)58-20-34(51)38-44-36(16-26-14-22(2)6-8-24(26)4)48(46-38)32-12-10-28(18-30(32)40)60(42,55)56/h5-14,17-18,33-34,50-51H,15-16,19-20H2,1-4H3,(H2,41,53,54)(H2,42,55,56)/q+1. The predicted molar refractivity (Wildman–Crippen MR) is 208 cm³/mol. The van der Waals surface area contributed by atoms with Crippen molar-refractivity contribution in [3.05, 3.63) is 146 Å². The van der Waals surface area contributed by atoms with E-state index in [2.05, 4.69) is 20.2 Å². The fraction of sp³-hybridized carbons (Fsp3) is 0.263. The molecule has 60 heavy (non-hydrogen) atoms. The maximum Gasteiger partial charge on any atom is 0.477 e. The van der Waals surface area contributed by atoms with Crippen LogP contribution in [0, 0.1) is 44.2 Å². The molecule has 4 aromatic carbocycles. The third-order valence-corrected chi connectivity index (χ3v) is 11.1. The molecular weight excluding hydrogens is 829 g/mol. The number of halogens is 2. The first kappa shape index (κ1) is 43.5. The van der Waals surface area contributed by atoms with Gasteiger partial charge in [0.05, 0.1) is 9.79 Å². The largest absolute Gasteiger partial charge is 0.477 e. The van der Waals surface area contributed by atoms with E-state index in [-0.39, 0.29) is 52.6 Å². The highest BCUT2D eigenvalue weighted by Crippen LogP contribution is 2.25. The minimum Gasteiger partial charge on any atom is -0.381 e. The molecule has 2 aromatic heterocycles. The number of aliphatic hydroxyl groups is 2. The molecule has 2 unspecified atom stereocenters. The number of nitrogens with two attached hydrogens (primary N) is 2. The van der Waals surface area contributed by atoms with Crippen LogP contribution in [-0.4, -0.2) is 74.9 Å². The summed E-state index contributed by atoms with van der Waals surface area (Å²) in [5.41, 5.74) is 4.86. The molecule has 0 radical (unpaired) electrons. The lowest BCUT2D eigenvalue weighted by Gasteiger charge is -2.10. The molecule has 6 rings (SSSR count). The Balaban J connectivity index is 1.18.